The first-order valence-electron chi connectivity index (χ1n) is 5.99. The Morgan fingerprint density at radius 1 is 1.33 bits per heavy atom. The van der Waals surface area contributed by atoms with Crippen LogP contribution in [0.3, 0.4) is 0 Å². The highest BCUT2D eigenvalue weighted by molar-refractivity contribution is 5.79. The molecule has 106 valence electrons. The number of rotatable bonds is 4. The van der Waals surface area contributed by atoms with Crippen LogP contribution in [0.2, 0.25) is 0 Å². The molecule has 4 nitrogen and oxygen atoms in total. The van der Waals surface area contributed by atoms with Crippen molar-refractivity contribution in [3.8, 4) is 0 Å². The molecule has 0 radical (unpaired) electrons. The smallest absolute Gasteiger partial charge is 0.392 e. The predicted octanol–water partition coefficient (Wildman–Crippen LogP) is 0.824. The molecule has 1 saturated carbocycles. The summed E-state index contributed by atoms with van der Waals surface area (Å²) < 4.78 is 38.2. The van der Waals surface area contributed by atoms with Crippen LogP contribution in [0.15, 0.2) is 0 Å². The van der Waals surface area contributed by atoms with Gasteiger partial charge in [-0.1, -0.05) is 12.8 Å². The highest BCUT2D eigenvalue weighted by atomic mass is 19.4. The molecule has 1 rings (SSSR count). The van der Waals surface area contributed by atoms with Crippen LogP contribution in [0.5, 0.6) is 0 Å². The minimum Gasteiger partial charge on any atom is -0.394 e. The van der Waals surface area contributed by atoms with Crippen molar-refractivity contribution in [2.45, 2.75) is 38.0 Å². The molecule has 0 aromatic carbocycles. The van der Waals surface area contributed by atoms with E-state index in [2.05, 4.69) is 5.32 Å². The fraction of sp³-hybridized carbons (Fsp3) is 0.909. The molecule has 0 heterocycles. The first kappa shape index (κ1) is 15.2. The van der Waals surface area contributed by atoms with Crippen LogP contribution >= 0.6 is 0 Å². The number of hydrogen-bond acceptors (Lipinski definition) is 3. The fourth-order valence-electron chi connectivity index (χ4n) is 2.25. The van der Waals surface area contributed by atoms with Crippen molar-refractivity contribution in [2.75, 3.05) is 13.2 Å². The van der Waals surface area contributed by atoms with Gasteiger partial charge in [-0.05, 0) is 12.8 Å². The van der Waals surface area contributed by atoms with Crippen molar-refractivity contribution in [1.82, 2.24) is 5.32 Å². The molecule has 3 unspecified atom stereocenters. The molecule has 1 amide bonds. The van der Waals surface area contributed by atoms with Gasteiger partial charge in [0.15, 0.2) is 0 Å². The summed E-state index contributed by atoms with van der Waals surface area (Å²) in [5.74, 6) is -3.37. The molecule has 0 bridgehead atoms. The summed E-state index contributed by atoms with van der Waals surface area (Å²) in [6.07, 6.45) is -4.23. The molecule has 0 aromatic rings. The van der Waals surface area contributed by atoms with Gasteiger partial charge in [0.05, 0.1) is 18.6 Å². The molecule has 3 atom stereocenters. The minimum absolute atomic E-state index is 0.0237. The second-order valence-electron chi connectivity index (χ2n) is 4.62. The maximum atomic E-state index is 12.7. The van der Waals surface area contributed by atoms with E-state index < -0.39 is 36.6 Å². The van der Waals surface area contributed by atoms with E-state index in [4.69, 9.17) is 10.2 Å². The summed E-state index contributed by atoms with van der Waals surface area (Å²) in [6.45, 7) is -0.760. The zero-order chi connectivity index (χ0) is 13.8. The van der Waals surface area contributed by atoms with E-state index in [1.807, 2.05) is 0 Å². The molecule has 1 fully saturated rings. The van der Waals surface area contributed by atoms with Crippen LogP contribution in [0.25, 0.3) is 0 Å². The van der Waals surface area contributed by atoms with E-state index in [1.54, 1.807) is 0 Å². The predicted molar refractivity (Wildman–Crippen MR) is 57.6 cm³/mol. The van der Waals surface area contributed by atoms with E-state index >= 15 is 0 Å². The van der Waals surface area contributed by atoms with Crippen molar-refractivity contribution in [3.63, 3.8) is 0 Å². The quantitative estimate of drug-likeness (QED) is 0.708. The number of aliphatic hydroxyl groups is 2. The van der Waals surface area contributed by atoms with E-state index in [0.29, 0.717) is 12.8 Å². The number of halogens is 3. The number of amides is 1. The van der Waals surface area contributed by atoms with Gasteiger partial charge in [0, 0.05) is 12.5 Å². The fourth-order valence-corrected chi connectivity index (χ4v) is 2.25. The monoisotopic (exact) mass is 269 g/mol. The normalized spacial score (nSPS) is 26.7. The van der Waals surface area contributed by atoms with Gasteiger partial charge >= 0.3 is 6.18 Å². The van der Waals surface area contributed by atoms with Gasteiger partial charge < -0.3 is 15.5 Å². The summed E-state index contributed by atoms with van der Waals surface area (Å²) in [5, 5.41) is 19.9. The van der Waals surface area contributed by atoms with Crippen molar-refractivity contribution in [2.24, 2.45) is 11.8 Å². The lowest BCUT2D eigenvalue weighted by Crippen LogP contribution is -2.44. The standard InChI is InChI=1S/C11H18F3NO3/c12-11(13,14)9-4-2-1-3-8(9)10(18)15-5-7(17)6-16/h7-9,16-17H,1-6H2,(H,15,18). The van der Waals surface area contributed by atoms with Crippen LogP contribution in [0.4, 0.5) is 13.2 Å². The van der Waals surface area contributed by atoms with Gasteiger partial charge in [0.25, 0.3) is 0 Å². The third kappa shape index (κ3) is 4.13. The third-order valence-corrected chi connectivity index (χ3v) is 3.25. The van der Waals surface area contributed by atoms with Crippen molar-refractivity contribution < 1.29 is 28.2 Å². The first-order chi connectivity index (χ1) is 8.36. The van der Waals surface area contributed by atoms with E-state index in [0.717, 1.165) is 0 Å². The molecule has 7 heteroatoms. The van der Waals surface area contributed by atoms with E-state index in [1.165, 1.54) is 0 Å². The Morgan fingerprint density at radius 2 is 1.94 bits per heavy atom. The molecular formula is C11H18F3NO3. The van der Waals surface area contributed by atoms with Crippen molar-refractivity contribution in [1.29, 1.82) is 0 Å². The van der Waals surface area contributed by atoms with Gasteiger partial charge in [0.1, 0.15) is 0 Å². The van der Waals surface area contributed by atoms with Crippen LogP contribution < -0.4 is 5.32 Å². The Labute approximate surface area is 103 Å². The molecular weight excluding hydrogens is 251 g/mol. The number of carbonyl (C=O) groups excluding carboxylic acids is 1. The third-order valence-electron chi connectivity index (χ3n) is 3.25. The Hall–Kier alpha value is -0.820. The molecule has 1 aliphatic rings. The van der Waals surface area contributed by atoms with E-state index in [9.17, 15) is 18.0 Å². The highest BCUT2D eigenvalue weighted by Crippen LogP contribution is 2.41. The van der Waals surface area contributed by atoms with Crippen LogP contribution in [0.1, 0.15) is 25.7 Å². The number of hydrogen-bond donors (Lipinski definition) is 3. The van der Waals surface area contributed by atoms with Gasteiger partial charge in [0.2, 0.25) is 5.91 Å². The molecule has 18 heavy (non-hydrogen) atoms. The van der Waals surface area contributed by atoms with Crippen molar-refractivity contribution in [3.05, 3.63) is 0 Å². The summed E-state index contributed by atoms with van der Waals surface area (Å²) in [5.41, 5.74) is 0. The van der Waals surface area contributed by atoms with Gasteiger partial charge in [-0.25, -0.2) is 0 Å². The Bertz CT molecular complexity index is 283. The van der Waals surface area contributed by atoms with Gasteiger partial charge in [-0.2, -0.15) is 13.2 Å². The van der Waals surface area contributed by atoms with Crippen LogP contribution in [0, 0.1) is 11.8 Å². The average molecular weight is 269 g/mol. The lowest BCUT2D eigenvalue weighted by molar-refractivity contribution is -0.198. The maximum Gasteiger partial charge on any atom is 0.392 e. The van der Waals surface area contributed by atoms with Crippen LogP contribution in [-0.2, 0) is 4.79 Å². The largest absolute Gasteiger partial charge is 0.394 e. The lowest BCUT2D eigenvalue weighted by Gasteiger charge is -2.32. The SMILES string of the molecule is O=C(NCC(O)CO)C1CCCCC1C(F)(F)F. The zero-order valence-corrected chi connectivity index (χ0v) is 9.91. The van der Waals surface area contributed by atoms with Gasteiger partial charge in [-0.15, -0.1) is 0 Å². The number of nitrogens with one attached hydrogen (secondary N) is 1. The second kappa shape index (κ2) is 6.38. The Morgan fingerprint density at radius 3 is 2.50 bits per heavy atom. The molecule has 3 N–H and O–H groups in total. The summed E-state index contributed by atoms with van der Waals surface area (Å²) in [6, 6.07) is 0. The van der Waals surface area contributed by atoms with Crippen molar-refractivity contribution >= 4 is 5.91 Å². The minimum atomic E-state index is -4.36. The highest BCUT2D eigenvalue weighted by Gasteiger charge is 2.47. The lowest BCUT2D eigenvalue weighted by atomic mass is 9.78. The molecule has 0 spiro atoms. The van der Waals surface area contributed by atoms with Crippen LogP contribution in [-0.4, -0.2) is 41.6 Å². The summed E-state index contributed by atoms with van der Waals surface area (Å²) >= 11 is 0. The number of alkyl halides is 3. The Balaban J connectivity index is 2.58. The summed E-state index contributed by atoms with van der Waals surface area (Å²) in [4.78, 5) is 11.7. The molecule has 0 saturated heterocycles. The van der Waals surface area contributed by atoms with E-state index in [-0.39, 0.29) is 19.4 Å². The average Bonchev–Trinajstić information content (AvgIpc) is 2.34. The topological polar surface area (TPSA) is 69.6 Å². The zero-order valence-electron chi connectivity index (χ0n) is 9.91. The molecule has 0 aliphatic heterocycles. The molecule has 0 aromatic heterocycles. The first-order valence-corrected chi connectivity index (χ1v) is 5.99. The van der Waals surface area contributed by atoms with Gasteiger partial charge in [-0.3, -0.25) is 4.79 Å². The number of aliphatic hydroxyl groups excluding tert-OH is 2. The summed E-state index contributed by atoms with van der Waals surface area (Å²) in [7, 11) is 0. The Kier molecular flexibility index (Phi) is 5.40. The number of carbonyl (C=O) groups is 1. The molecule has 1 aliphatic carbocycles. The maximum absolute atomic E-state index is 12.7. The second-order valence-corrected chi connectivity index (χ2v) is 4.62.